The van der Waals surface area contributed by atoms with Gasteiger partial charge in [-0.3, -0.25) is 31.4 Å². The maximum Gasteiger partial charge on any atom is 1.00 e. The molecule has 0 aromatic heterocycles. The van der Waals surface area contributed by atoms with Crippen molar-refractivity contribution in [3.63, 3.8) is 0 Å². The summed E-state index contributed by atoms with van der Waals surface area (Å²) < 4.78 is 109. The van der Waals surface area contributed by atoms with Crippen LogP contribution < -0.4 is 83.2 Å². The molecule has 20 nitrogen and oxygen atoms in total. The van der Waals surface area contributed by atoms with Crippen LogP contribution in [0.3, 0.4) is 0 Å². The molecular weight excluding hydrogens is 771 g/mol. The van der Waals surface area contributed by atoms with Crippen LogP contribution >= 0.6 is 11.6 Å². The predicted octanol–water partition coefficient (Wildman–Crippen LogP) is -11.7. The van der Waals surface area contributed by atoms with Gasteiger partial charge in [0.1, 0.15) is 18.6 Å². The molecular formula is C26H43ClLi3N7O13S3. The van der Waals surface area contributed by atoms with E-state index in [1.807, 2.05) is 0 Å². The molecule has 1 saturated heterocycles. The topological polar surface area (TPSA) is 334 Å². The van der Waals surface area contributed by atoms with Gasteiger partial charge in [0.25, 0.3) is 0 Å². The third kappa shape index (κ3) is 12.5. The number of aliphatic hydroxyl groups excluding tert-OH is 2. The summed E-state index contributed by atoms with van der Waals surface area (Å²) in [6, 6.07) is -3.99. The second-order valence-corrected chi connectivity index (χ2v) is 19.4. The molecule has 15 atom stereocenters. The van der Waals surface area contributed by atoms with E-state index < -0.39 is 131 Å². The number of carboxylic acid groups (broad SMARTS) is 1. The number of hydrogen-bond acceptors (Lipinski definition) is 19. The van der Waals surface area contributed by atoms with Crippen LogP contribution in [0.25, 0.3) is 0 Å². The van der Waals surface area contributed by atoms with Gasteiger partial charge in [0.05, 0.1) is 64.2 Å². The minimum Gasteiger partial charge on any atom is -0.748 e. The summed E-state index contributed by atoms with van der Waals surface area (Å²) in [6.45, 7) is 0. The summed E-state index contributed by atoms with van der Waals surface area (Å²) in [5.41, 5.74) is 0. The average molecular weight is 814 g/mol. The van der Waals surface area contributed by atoms with Crippen LogP contribution in [0.15, 0.2) is 10.2 Å². The van der Waals surface area contributed by atoms with Crippen molar-refractivity contribution in [3.8, 4) is 0 Å². The van der Waals surface area contributed by atoms with Crippen molar-refractivity contribution < 1.29 is 116 Å². The molecule has 53 heavy (non-hydrogen) atoms. The van der Waals surface area contributed by atoms with E-state index in [0.717, 1.165) is 0 Å². The third-order valence-electron chi connectivity index (χ3n) is 10.8. The zero-order chi connectivity index (χ0) is 36.8. The summed E-state index contributed by atoms with van der Waals surface area (Å²) >= 11 is 6.09. The Balaban J connectivity index is 0.00000324. The first-order chi connectivity index (χ1) is 23.2. The molecule has 1 aliphatic heterocycles. The Morgan fingerprint density at radius 1 is 0.736 bits per heavy atom. The van der Waals surface area contributed by atoms with Crippen molar-refractivity contribution in [1.82, 2.24) is 26.6 Å². The maximum absolute atomic E-state index is 12.5. The summed E-state index contributed by atoms with van der Waals surface area (Å²) in [5, 5.41) is 49.1. The van der Waals surface area contributed by atoms with Gasteiger partial charge in [0.2, 0.25) is 0 Å². The fourth-order valence-electron chi connectivity index (χ4n) is 8.37. The molecule has 288 valence electrons. The summed E-state index contributed by atoms with van der Waals surface area (Å²) in [5.74, 6) is -3.92. The van der Waals surface area contributed by atoms with Crippen LogP contribution in [0, 0.1) is 17.8 Å². The van der Waals surface area contributed by atoms with Gasteiger partial charge in [-0.15, -0.1) is 11.6 Å². The van der Waals surface area contributed by atoms with Gasteiger partial charge < -0.3 is 29.0 Å². The number of alkyl halides is 1. The molecule has 8 N–H and O–H groups in total. The van der Waals surface area contributed by atoms with E-state index in [2.05, 4.69) is 36.8 Å². The minimum absolute atomic E-state index is 0. The van der Waals surface area contributed by atoms with Gasteiger partial charge in [-0.2, -0.15) is 10.2 Å². The van der Waals surface area contributed by atoms with E-state index in [1.165, 1.54) is 0 Å². The van der Waals surface area contributed by atoms with Gasteiger partial charge in [-0.25, -0.2) is 25.3 Å². The minimum atomic E-state index is -5.15. The summed E-state index contributed by atoms with van der Waals surface area (Å²) in [4.78, 5) is 11.8. The Bertz CT molecular complexity index is 1610. The van der Waals surface area contributed by atoms with E-state index in [-0.39, 0.29) is 82.3 Å². The number of carbonyl (C=O) groups is 1. The number of nitrogens with zero attached hydrogens (tertiary/aromatic N) is 2. The first-order valence-electron chi connectivity index (χ1n) is 16.5. The van der Waals surface area contributed by atoms with E-state index in [0.29, 0.717) is 32.1 Å². The molecule has 4 aliphatic carbocycles. The summed E-state index contributed by atoms with van der Waals surface area (Å²) in [7, 11) is -14.8. The van der Waals surface area contributed by atoms with Crippen molar-refractivity contribution in [1.29, 1.82) is 0 Å². The van der Waals surface area contributed by atoms with Gasteiger partial charge in [0, 0.05) is 23.4 Å². The van der Waals surface area contributed by atoms with Crippen LogP contribution in [0.4, 0.5) is 0 Å². The van der Waals surface area contributed by atoms with Crippen LogP contribution in [0.1, 0.15) is 64.2 Å². The number of fused-ring (bicyclic) bond motifs is 1. The smallest absolute Gasteiger partial charge is 0.748 e. The number of azo groups is 1. The van der Waals surface area contributed by atoms with Crippen LogP contribution in [-0.2, 0) is 35.1 Å². The molecule has 0 aromatic rings. The molecule has 4 saturated carbocycles. The van der Waals surface area contributed by atoms with E-state index in [9.17, 15) is 59.0 Å². The maximum atomic E-state index is 12.5. The fraction of sp³-hybridized carbons (Fsp3) is 0.962. The average Bonchev–Trinajstić information content (AvgIpc) is 2.99. The van der Waals surface area contributed by atoms with Crippen LogP contribution in [-0.4, -0.2) is 131 Å². The van der Waals surface area contributed by atoms with Crippen LogP contribution in [0.5, 0.6) is 0 Å². The van der Waals surface area contributed by atoms with Gasteiger partial charge >= 0.3 is 62.6 Å². The fourth-order valence-corrected chi connectivity index (χ4v) is 11.9. The number of carboxylic acids is 1. The number of hydrogen-bond donors (Lipinski definition) is 8. The van der Waals surface area contributed by atoms with Crippen LogP contribution in [0.2, 0.25) is 0 Å². The number of rotatable bonds is 10. The quantitative estimate of drug-likeness (QED) is 0.0439. The molecule has 5 fully saturated rings. The number of aliphatic carboxylic acids is 1. The number of aliphatic hydroxyl groups is 2. The van der Waals surface area contributed by atoms with Gasteiger partial charge in [-0.05, 0) is 57.3 Å². The monoisotopic (exact) mass is 813 g/mol. The van der Waals surface area contributed by atoms with Crippen molar-refractivity contribution in [2.75, 3.05) is 0 Å². The SMILES string of the molecule is O=C(O)C1CCCCC1N=NC1C(O)C2C(CC(S(=O)(=O)[O-])CC2NC2NC(O)NC(NC3CCC(Cl)C(S(=O)(=O)[O-])C3)N2)CC1S(=O)(=O)[O-].[Li+].[Li+].[Li+]. The molecule has 0 amide bonds. The van der Waals surface area contributed by atoms with Crippen molar-refractivity contribution in [2.45, 2.75) is 135 Å². The predicted molar refractivity (Wildman–Crippen MR) is 170 cm³/mol. The zero-order valence-corrected chi connectivity index (χ0v) is 32.9. The second-order valence-electron chi connectivity index (χ2n) is 14.0. The Labute approximate surface area is 350 Å². The first-order valence-corrected chi connectivity index (χ1v) is 21.3. The molecule has 0 aromatic carbocycles. The largest absolute Gasteiger partial charge is 1.00 e. The molecule has 0 spiro atoms. The zero-order valence-electron chi connectivity index (χ0n) is 29.7. The van der Waals surface area contributed by atoms with E-state index in [1.54, 1.807) is 0 Å². The Hall–Kier alpha value is 0.602. The first kappa shape index (κ1) is 49.7. The van der Waals surface area contributed by atoms with Gasteiger partial charge in [-0.1, -0.05) is 12.8 Å². The molecule has 0 bridgehead atoms. The number of nitrogens with one attached hydrogen (secondary N) is 5. The molecule has 27 heteroatoms. The normalized spacial score (nSPS) is 41.2. The second kappa shape index (κ2) is 20.0. The van der Waals surface area contributed by atoms with E-state index in [4.69, 9.17) is 11.6 Å². The standard InChI is InChI=1S/C26H46ClN7O13S3.3Li/c27-15-6-5-12(9-18(15)49(42,43)44)28-24-30-25(32-26(38)31-24)29-17-10-13(48(39,40)41)7-11-8-19(50(45,46)47)21(22(35)20(11)17)34-33-16-4-2-1-3-14(16)23(36)37;;;/h11-22,24-26,28-32,35,38H,1-10H2,(H,36,37)(H,39,40,41)(H,42,43,44)(H,45,46,47);;;/q;3*+1/p-3. The Morgan fingerprint density at radius 2 is 1.34 bits per heavy atom. The van der Waals surface area contributed by atoms with Gasteiger partial charge in [0.15, 0.2) is 6.35 Å². The van der Waals surface area contributed by atoms with Crippen molar-refractivity contribution in [2.24, 2.45) is 28.0 Å². The summed E-state index contributed by atoms with van der Waals surface area (Å²) in [6.07, 6.45) is -3.69. The molecule has 15 unspecified atom stereocenters. The number of halogens is 1. The van der Waals surface area contributed by atoms with Crippen molar-refractivity contribution >= 4 is 47.9 Å². The Kier molecular flexibility index (Phi) is 18.8. The molecule has 0 radical (unpaired) electrons. The molecule has 5 aliphatic rings. The Morgan fingerprint density at radius 3 is 1.92 bits per heavy atom. The van der Waals surface area contributed by atoms with E-state index >= 15 is 0 Å². The molecule has 5 rings (SSSR count). The van der Waals surface area contributed by atoms with Crippen molar-refractivity contribution in [3.05, 3.63) is 0 Å². The molecule has 1 heterocycles. The third-order valence-corrected chi connectivity index (χ3v) is 15.1.